The summed E-state index contributed by atoms with van der Waals surface area (Å²) in [7, 11) is 0. The van der Waals surface area contributed by atoms with E-state index in [1.807, 2.05) is 6.92 Å². The maximum absolute atomic E-state index is 11.6. The van der Waals surface area contributed by atoms with E-state index in [-0.39, 0.29) is 0 Å². The third-order valence-electron chi connectivity index (χ3n) is 2.48. The fourth-order valence-electron chi connectivity index (χ4n) is 1.35. The third kappa shape index (κ3) is 5.09. The number of imide groups is 1. The summed E-state index contributed by atoms with van der Waals surface area (Å²) in [6.07, 6.45) is 2.44. The van der Waals surface area contributed by atoms with E-state index in [4.69, 9.17) is 4.42 Å². The number of carbonyl (C=O) groups excluding carboxylic acids is 2. The summed E-state index contributed by atoms with van der Waals surface area (Å²) in [5.74, 6) is 0.930. The molecule has 0 aromatic carbocycles. The number of amides is 3. The molecule has 1 heterocycles. The number of nitrogens with zero attached hydrogens (tertiary/aromatic N) is 1. The zero-order valence-electron chi connectivity index (χ0n) is 11.4. The maximum Gasteiger partial charge on any atom is 0.321 e. The third-order valence-corrected chi connectivity index (χ3v) is 2.48. The topological polar surface area (TPSA) is 96.3 Å². The molecular weight excluding hydrogens is 248 g/mol. The van der Waals surface area contributed by atoms with Crippen molar-refractivity contribution in [3.8, 4) is 0 Å². The molecule has 1 aromatic rings. The van der Waals surface area contributed by atoms with Gasteiger partial charge in [-0.2, -0.15) is 0 Å². The number of aromatic nitrogens is 1. The summed E-state index contributed by atoms with van der Waals surface area (Å²) in [4.78, 5) is 26.9. The van der Waals surface area contributed by atoms with Crippen LogP contribution in [0.5, 0.6) is 0 Å². The largest absolute Gasteiger partial charge is 0.444 e. The Kier molecular flexibility index (Phi) is 6.01. The van der Waals surface area contributed by atoms with Crippen molar-refractivity contribution in [1.82, 2.24) is 20.9 Å². The molecule has 7 nitrogen and oxygen atoms in total. The minimum absolute atomic E-state index is 0.337. The van der Waals surface area contributed by atoms with Crippen molar-refractivity contribution >= 4 is 11.9 Å². The van der Waals surface area contributed by atoms with Gasteiger partial charge in [0.25, 0.3) is 0 Å². The highest BCUT2D eigenvalue weighted by atomic mass is 16.4. The van der Waals surface area contributed by atoms with Crippen molar-refractivity contribution < 1.29 is 14.0 Å². The van der Waals surface area contributed by atoms with Gasteiger partial charge in [0, 0.05) is 13.0 Å². The summed E-state index contributed by atoms with van der Waals surface area (Å²) < 4.78 is 5.40. The number of oxazole rings is 1. The first kappa shape index (κ1) is 15.2. The predicted octanol–water partition coefficient (Wildman–Crippen LogP) is 0.561. The summed E-state index contributed by atoms with van der Waals surface area (Å²) in [5, 5.41) is 7.65. The Morgan fingerprint density at radius 1 is 1.42 bits per heavy atom. The highest BCUT2D eigenvalue weighted by Gasteiger charge is 2.15. The van der Waals surface area contributed by atoms with Crippen LogP contribution in [0.2, 0.25) is 0 Å². The van der Waals surface area contributed by atoms with Crippen LogP contribution in [-0.2, 0) is 17.8 Å². The molecule has 19 heavy (non-hydrogen) atoms. The molecule has 1 rings (SSSR count). The summed E-state index contributed by atoms with van der Waals surface area (Å²) in [5.41, 5.74) is 0. The van der Waals surface area contributed by atoms with Gasteiger partial charge in [0.15, 0.2) is 0 Å². The molecule has 106 valence electrons. The fourth-order valence-corrected chi connectivity index (χ4v) is 1.35. The lowest BCUT2D eigenvalue weighted by Gasteiger charge is -2.12. The number of rotatable bonds is 6. The summed E-state index contributed by atoms with van der Waals surface area (Å²) in [6, 6.07) is -1.01. The molecule has 0 fully saturated rings. The molecule has 1 atom stereocenters. The van der Waals surface area contributed by atoms with Crippen LogP contribution in [0.15, 0.2) is 10.6 Å². The average Bonchev–Trinajstić information content (AvgIpc) is 2.84. The lowest BCUT2D eigenvalue weighted by atomic mass is 10.3. The number of carbonyl (C=O) groups is 2. The van der Waals surface area contributed by atoms with Gasteiger partial charge in [0.05, 0.1) is 18.8 Å². The minimum Gasteiger partial charge on any atom is -0.444 e. The lowest BCUT2D eigenvalue weighted by Crippen LogP contribution is -2.47. The Morgan fingerprint density at radius 2 is 2.16 bits per heavy atom. The molecule has 3 N–H and O–H groups in total. The van der Waals surface area contributed by atoms with E-state index in [1.54, 1.807) is 20.0 Å². The Morgan fingerprint density at radius 3 is 2.74 bits per heavy atom. The van der Waals surface area contributed by atoms with E-state index in [1.165, 1.54) is 0 Å². The first-order valence-electron chi connectivity index (χ1n) is 6.32. The van der Waals surface area contributed by atoms with Gasteiger partial charge in [-0.1, -0.05) is 6.92 Å². The van der Waals surface area contributed by atoms with Crippen molar-refractivity contribution in [1.29, 1.82) is 0 Å². The number of hydrogen-bond acceptors (Lipinski definition) is 5. The van der Waals surface area contributed by atoms with Crippen LogP contribution in [0.3, 0.4) is 0 Å². The number of urea groups is 1. The van der Waals surface area contributed by atoms with Gasteiger partial charge in [-0.3, -0.25) is 15.4 Å². The Labute approximate surface area is 112 Å². The second kappa shape index (κ2) is 7.52. The van der Waals surface area contributed by atoms with Crippen molar-refractivity contribution in [2.75, 3.05) is 6.54 Å². The van der Waals surface area contributed by atoms with Crippen LogP contribution in [-0.4, -0.2) is 29.5 Å². The van der Waals surface area contributed by atoms with Crippen molar-refractivity contribution in [3.63, 3.8) is 0 Å². The van der Waals surface area contributed by atoms with Crippen LogP contribution < -0.4 is 16.0 Å². The van der Waals surface area contributed by atoms with Crippen molar-refractivity contribution in [2.45, 2.75) is 39.8 Å². The number of hydrogen-bond donors (Lipinski definition) is 3. The minimum atomic E-state index is -0.514. The van der Waals surface area contributed by atoms with Gasteiger partial charge in [-0.05, 0) is 13.8 Å². The zero-order valence-corrected chi connectivity index (χ0v) is 11.4. The normalized spacial score (nSPS) is 11.9. The molecule has 0 aliphatic heterocycles. The Hall–Kier alpha value is -1.89. The first-order valence-corrected chi connectivity index (χ1v) is 6.32. The van der Waals surface area contributed by atoms with Gasteiger partial charge in [0.2, 0.25) is 11.8 Å². The summed E-state index contributed by atoms with van der Waals surface area (Å²) in [6.45, 7) is 6.22. The number of aryl methyl sites for hydroxylation is 1. The standard InChI is InChI=1S/C12H20N4O3/c1-4-9-6-15-10(19-9)7-14-8(3)11(17)16-12(18)13-5-2/h6,8,14H,4-5,7H2,1-3H3,(H2,13,16,17,18). The predicted molar refractivity (Wildman–Crippen MR) is 69.4 cm³/mol. The molecule has 0 saturated heterocycles. The molecule has 1 unspecified atom stereocenters. The molecule has 0 aliphatic carbocycles. The molecule has 0 bridgehead atoms. The van der Waals surface area contributed by atoms with Gasteiger partial charge in [-0.15, -0.1) is 0 Å². The average molecular weight is 268 g/mol. The van der Waals surface area contributed by atoms with E-state index in [0.29, 0.717) is 19.0 Å². The monoisotopic (exact) mass is 268 g/mol. The van der Waals surface area contributed by atoms with Crippen molar-refractivity contribution in [2.24, 2.45) is 0 Å². The van der Waals surface area contributed by atoms with Gasteiger partial charge < -0.3 is 9.73 Å². The number of nitrogens with one attached hydrogen (secondary N) is 3. The zero-order chi connectivity index (χ0) is 14.3. The Bertz CT molecular complexity index is 430. The van der Waals surface area contributed by atoms with E-state index in [2.05, 4.69) is 20.9 Å². The molecule has 1 aromatic heterocycles. The molecule has 0 aliphatic rings. The van der Waals surface area contributed by atoms with Crippen LogP contribution in [0.4, 0.5) is 4.79 Å². The van der Waals surface area contributed by atoms with Crippen LogP contribution in [0.1, 0.15) is 32.4 Å². The van der Waals surface area contributed by atoms with Gasteiger partial charge >= 0.3 is 6.03 Å². The molecule has 0 spiro atoms. The van der Waals surface area contributed by atoms with E-state index >= 15 is 0 Å². The van der Waals surface area contributed by atoms with E-state index in [9.17, 15) is 9.59 Å². The van der Waals surface area contributed by atoms with E-state index < -0.39 is 18.0 Å². The molecular formula is C12H20N4O3. The maximum atomic E-state index is 11.6. The second-order valence-corrected chi connectivity index (χ2v) is 4.03. The van der Waals surface area contributed by atoms with Gasteiger partial charge in [-0.25, -0.2) is 9.78 Å². The molecule has 0 radical (unpaired) electrons. The van der Waals surface area contributed by atoms with E-state index in [0.717, 1.165) is 12.2 Å². The second-order valence-electron chi connectivity index (χ2n) is 4.03. The lowest BCUT2D eigenvalue weighted by molar-refractivity contribution is -0.121. The first-order chi connectivity index (χ1) is 9.06. The quantitative estimate of drug-likeness (QED) is 0.700. The SMILES string of the molecule is CCNC(=O)NC(=O)C(C)NCc1ncc(CC)o1. The van der Waals surface area contributed by atoms with Crippen LogP contribution in [0, 0.1) is 0 Å². The molecule has 0 saturated carbocycles. The molecule has 7 heteroatoms. The van der Waals surface area contributed by atoms with Gasteiger partial charge in [0.1, 0.15) is 5.76 Å². The van der Waals surface area contributed by atoms with Crippen LogP contribution >= 0.6 is 0 Å². The van der Waals surface area contributed by atoms with Crippen LogP contribution in [0.25, 0.3) is 0 Å². The highest BCUT2D eigenvalue weighted by molar-refractivity contribution is 5.96. The summed E-state index contributed by atoms with van der Waals surface area (Å²) >= 11 is 0. The molecule has 3 amide bonds. The van der Waals surface area contributed by atoms with Crippen molar-refractivity contribution in [3.05, 3.63) is 17.8 Å². The smallest absolute Gasteiger partial charge is 0.321 e. The highest BCUT2D eigenvalue weighted by Crippen LogP contribution is 2.03. The fraction of sp³-hybridized carbons (Fsp3) is 0.583. The Balaban J connectivity index is 2.35.